The van der Waals surface area contributed by atoms with Crippen molar-refractivity contribution in [3.63, 3.8) is 0 Å². The van der Waals surface area contributed by atoms with Crippen LogP contribution < -0.4 is 0 Å². The largest absolute Gasteiger partial charge is 0.485 e. The van der Waals surface area contributed by atoms with E-state index in [2.05, 4.69) is 0 Å². The van der Waals surface area contributed by atoms with Crippen LogP contribution in [0.5, 0.6) is 0 Å². The molecule has 1 aliphatic heterocycles. The fraction of sp³-hybridized carbons (Fsp3) is 0.143. The molecule has 0 atom stereocenters. The van der Waals surface area contributed by atoms with Crippen molar-refractivity contribution >= 4 is 11.6 Å². The van der Waals surface area contributed by atoms with Gasteiger partial charge in [-0.3, -0.25) is 9.59 Å². The zero-order valence-corrected chi connectivity index (χ0v) is 9.32. The van der Waals surface area contributed by atoms with E-state index in [0.29, 0.717) is 23.3 Å². The van der Waals surface area contributed by atoms with Gasteiger partial charge in [-0.1, -0.05) is 24.3 Å². The first-order valence-corrected chi connectivity index (χ1v) is 5.43. The summed E-state index contributed by atoms with van der Waals surface area (Å²) in [7, 11) is 0. The number of fused-ring (bicyclic) bond motifs is 1. The lowest BCUT2D eigenvalue weighted by Gasteiger charge is -2.24. The quantitative estimate of drug-likeness (QED) is 0.681. The molecular weight excluding hydrogens is 216 g/mol. The van der Waals surface area contributed by atoms with Gasteiger partial charge in [-0.05, 0) is 18.6 Å². The molecule has 1 aromatic rings. The van der Waals surface area contributed by atoms with Gasteiger partial charge in [0.1, 0.15) is 6.61 Å². The van der Waals surface area contributed by atoms with E-state index in [4.69, 9.17) is 4.74 Å². The molecule has 3 rings (SSSR count). The van der Waals surface area contributed by atoms with E-state index in [1.54, 1.807) is 24.3 Å². The average Bonchev–Trinajstić information content (AvgIpc) is 2.36. The van der Waals surface area contributed by atoms with Crippen LogP contribution in [-0.4, -0.2) is 18.2 Å². The second-order valence-corrected chi connectivity index (χ2v) is 4.11. The minimum Gasteiger partial charge on any atom is -0.485 e. The molecule has 1 aromatic carbocycles. The van der Waals surface area contributed by atoms with E-state index < -0.39 is 0 Å². The number of Topliss-reactive ketones (excluding diaryl/α,β-unsaturated/α-hetero) is 2. The fourth-order valence-electron chi connectivity index (χ4n) is 2.20. The highest BCUT2D eigenvalue weighted by Gasteiger charge is 2.35. The molecule has 1 aliphatic carbocycles. The van der Waals surface area contributed by atoms with Crippen molar-refractivity contribution in [2.75, 3.05) is 6.61 Å². The molecule has 2 aliphatic rings. The van der Waals surface area contributed by atoms with Gasteiger partial charge >= 0.3 is 0 Å². The van der Waals surface area contributed by atoms with E-state index in [-0.39, 0.29) is 17.3 Å². The smallest absolute Gasteiger partial charge is 0.229 e. The van der Waals surface area contributed by atoms with E-state index >= 15 is 0 Å². The minimum absolute atomic E-state index is 0.122. The average molecular weight is 226 g/mol. The first-order chi connectivity index (χ1) is 8.20. The van der Waals surface area contributed by atoms with Gasteiger partial charge in [0.2, 0.25) is 5.78 Å². The molecule has 17 heavy (non-hydrogen) atoms. The highest BCUT2D eigenvalue weighted by molar-refractivity contribution is 6.27. The Balaban J connectivity index is 2.28. The molecule has 0 radical (unpaired) electrons. The fourth-order valence-corrected chi connectivity index (χ4v) is 2.20. The molecule has 0 fully saturated rings. The van der Waals surface area contributed by atoms with Crippen LogP contribution in [-0.2, 0) is 4.74 Å². The Morgan fingerprint density at radius 2 is 1.71 bits per heavy atom. The molecule has 0 spiro atoms. The lowest BCUT2D eigenvalue weighted by Crippen LogP contribution is -2.26. The first-order valence-electron chi connectivity index (χ1n) is 5.43. The number of allylic oxidation sites excluding steroid dienone is 3. The summed E-state index contributed by atoms with van der Waals surface area (Å²) in [5.41, 5.74) is 2.14. The van der Waals surface area contributed by atoms with E-state index in [0.717, 1.165) is 5.57 Å². The molecular formula is C14H10O3. The number of carbonyl (C=O) groups is 2. The predicted molar refractivity (Wildman–Crippen MR) is 61.8 cm³/mol. The van der Waals surface area contributed by atoms with Crippen LogP contribution in [0, 0.1) is 0 Å². The molecule has 0 N–H and O–H groups in total. The minimum atomic E-state index is -0.192. The summed E-state index contributed by atoms with van der Waals surface area (Å²) in [4.78, 5) is 24.5. The zero-order chi connectivity index (χ0) is 12.0. The number of hydrogen-bond acceptors (Lipinski definition) is 3. The second kappa shape index (κ2) is 3.42. The number of ether oxygens (including phenoxy) is 1. The summed E-state index contributed by atoms with van der Waals surface area (Å²) in [5.74, 6) is -0.111. The number of ketones is 2. The van der Waals surface area contributed by atoms with E-state index in [1.165, 1.54) is 0 Å². The summed E-state index contributed by atoms with van der Waals surface area (Å²) in [6, 6.07) is 6.86. The van der Waals surface area contributed by atoms with Gasteiger partial charge in [-0.25, -0.2) is 0 Å². The normalized spacial score (nSPS) is 18.3. The van der Waals surface area contributed by atoms with Crippen LogP contribution in [0.15, 0.2) is 47.2 Å². The van der Waals surface area contributed by atoms with Crippen molar-refractivity contribution in [3.8, 4) is 0 Å². The first kappa shape index (κ1) is 10.0. The lowest BCUT2D eigenvalue weighted by atomic mass is 9.84. The third kappa shape index (κ3) is 1.29. The van der Waals surface area contributed by atoms with Crippen LogP contribution in [0.3, 0.4) is 0 Å². The third-order valence-electron chi connectivity index (χ3n) is 3.09. The monoisotopic (exact) mass is 226 g/mol. The molecule has 3 nitrogen and oxygen atoms in total. The molecule has 0 unspecified atom stereocenters. The molecule has 0 saturated heterocycles. The molecule has 84 valence electrons. The maximum Gasteiger partial charge on any atom is 0.229 e. The highest BCUT2D eigenvalue weighted by Crippen LogP contribution is 2.32. The van der Waals surface area contributed by atoms with Crippen molar-refractivity contribution in [2.45, 2.75) is 6.92 Å². The Morgan fingerprint density at radius 1 is 1.06 bits per heavy atom. The molecule has 3 heteroatoms. The maximum atomic E-state index is 12.3. The molecule has 1 heterocycles. The number of carbonyl (C=O) groups excluding carboxylic acids is 2. The SMILES string of the molecule is CC1=CCOC2=C1C(=O)c1ccccc1C2=O. The summed E-state index contributed by atoms with van der Waals surface area (Å²) in [6.07, 6.45) is 1.82. The van der Waals surface area contributed by atoms with Crippen molar-refractivity contribution in [2.24, 2.45) is 0 Å². The Labute approximate surface area is 98.4 Å². The number of hydrogen-bond donors (Lipinski definition) is 0. The van der Waals surface area contributed by atoms with Gasteiger partial charge in [0.25, 0.3) is 0 Å². The molecule has 0 aromatic heterocycles. The molecule has 0 saturated carbocycles. The van der Waals surface area contributed by atoms with E-state index in [1.807, 2.05) is 13.0 Å². The zero-order valence-electron chi connectivity index (χ0n) is 9.32. The Bertz CT molecular complexity index is 606. The number of rotatable bonds is 0. The van der Waals surface area contributed by atoms with Crippen LogP contribution in [0.4, 0.5) is 0 Å². The summed E-state index contributed by atoms with van der Waals surface area (Å²) < 4.78 is 5.32. The van der Waals surface area contributed by atoms with Gasteiger partial charge < -0.3 is 4.74 Å². The van der Waals surface area contributed by atoms with Crippen molar-refractivity contribution < 1.29 is 14.3 Å². The number of benzene rings is 1. The van der Waals surface area contributed by atoms with Crippen LogP contribution in [0.25, 0.3) is 0 Å². The Kier molecular flexibility index (Phi) is 2.01. The van der Waals surface area contributed by atoms with Crippen molar-refractivity contribution in [1.29, 1.82) is 0 Å². The lowest BCUT2D eigenvalue weighted by molar-refractivity contribution is 0.0884. The summed E-state index contributed by atoms with van der Waals surface area (Å²) in [6.45, 7) is 2.18. The standard InChI is InChI=1S/C14H10O3/c1-8-6-7-17-14-11(8)12(15)9-4-2-3-5-10(9)13(14)16/h2-6H,7H2,1H3. The van der Waals surface area contributed by atoms with Gasteiger partial charge in [-0.2, -0.15) is 0 Å². The highest BCUT2D eigenvalue weighted by atomic mass is 16.5. The van der Waals surface area contributed by atoms with Gasteiger partial charge in [0.15, 0.2) is 11.5 Å². The van der Waals surface area contributed by atoms with Gasteiger partial charge in [-0.15, -0.1) is 0 Å². The van der Waals surface area contributed by atoms with Crippen LogP contribution in [0.2, 0.25) is 0 Å². The van der Waals surface area contributed by atoms with Crippen molar-refractivity contribution in [1.82, 2.24) is 0 Å². The Morgan fingerprint density at radius 3 is 2.41 bits per heavy atom. The predicted octanol–water partition coefficient (Wildman–Crippen LogP) is 2.30. The van der Waals surface area contributed by atoms with Crippen LogP contribution in [0.1, 0.15) is 27.6 Å². The van der Waals surface area contributed by atoms with Gasteiger partial charge in [0.05, 0.1) is 5.57 Å². The summed E-state index contributed by atoms with van der Waals surface area (Å²) in [5, 5.41) is 0. The Hall–Kier alpha value is -2.16. The summed E-state index contributed by atoms with van der Waals surface area (Å²) >= 11 is 0. The van der Waals surface area contributed by atoms with Crippen LogP contribution >= 0.6 is 0 Å². The van der Waals surface area contributed by atoms with Gasteiger partial charge in [0, 0.05) is 11.1 Å². The molecule has 0 amide bonds. The maximum absolute atomic E-state index is 12.3. The topological polar surface area (TPSA) is 43.4 Å². The van der Waals surface area contributed by atoms with E-state index in [9.17, 15) is 9.59 Å². The third-order valence-corrected chi connectivity index (χ3v) is 3.09. The van der Waals surface area contributed by atoms with Crippen molar-refractivity contribution in [3.05, 3.63) is 58.4 Å². The second-order valence-electron chi connectivity index (χ2n) is 4.11. The molecule has 0 bridgehead atoms.